The largest absolute Gasteiger partial charge is 0.805 e. The summed E-state index contributed by atoms with van der Waals surface area (Å²) in [5.74, 6) is -3.20. The topological polar surface area (TPSA) is 68.0 Å². The van der Waals surface area contributed by atoms with Crippen molar-refractivity contribution in [2.24, 2.45) is 0 Å². The molecular weight excluding hydrogens is 363 g/mol. The number of benzene rings is 2. The minimum Gasteiger partial charge on any atom is -0.805 e. The molecule has 2 aromatic carbocycles. The number of carbonyl (C=O) groups is 1. The van der Waals surface area contributed by atoms with Crippen LogP contribution in [0.25, 0.3) is 11.0 Å². The van der Waals surface area contributed by atoms with Crippen LogP contribution in [0.1, 0.15) is 21.7 Å². The highest BCUT2D eigenvalue weighted by atomic mass is 19.4. The predicted molar refractivity (Wildman–Crippen MR) is 78.9 cm³/mol. The average Bonchev–Trinajstić information content (AvgIpc) is 2.56. The summed E-state index contributed by atoms with van der Waals surface area (Å²) in [6, 6.07) is 5.29. The van der Waals surface area contributed by atoms with Gasteiger partial charge in [-0.2, -0.15) is 13.2 Å². The van der Waals surface area contributed by atoms with Crippen LogP contribution in [0.4, 0.5) is 22.0 Å². The van der Waals surface area contributed by atoms with Crippen LogP contribution in [-0.4, -0.2) is 10.5 Å². The molecule has 0 saturated heterocycles. The van der Waals surface area contributed by atoms with Gasteiger partial charge in [0.25, 0.3) is 11.3 Å². The lowest BCUT2D eigenvalue weighted by molar-refractivity contribution is -0.470. The molecule has 0 unspecified atom stereocenters. The number of nitrogens with zero attached hydrogens (tertiary/aromatic N) is 2. The van der Waals surface area contributed by atoms with Crippen LogP contribution in [0.15, 0.2) is 42.5 Å². The highest BCUT2D eigenvalue weighted by Gasteiger charge is 2.45. The van der Waals surface area contributed by atoms with Gasteiger partial charge >= 0.3 is 11.9 Å². The van der Waals surface area contributed by atoms with E-state index in [0.717, 1.165) is 24.3 Å². The zero-order valence-electron chi connectivity index (χ0n) is 12.6. The number of alkyl halides is 3. The Bertz CT molecular complexity index is 1090. The van der Waals surface area contributed by atoms with Gasteiger partial charge in [0.15, 0.2) is 0 Å². The van der Waals surface area contributed by atoms with E-state index in [0.29, 0.717) is 18.2 Å². The van der Waals surface area contributed by atoms with Crippen LogP contribution >= 0.6 is 0 Å². The Hall–Kier alpha value is -3.30. The summed E-state index contributed by atoms with van der Waals surface area (Å²) in [7, 11) is 0. The number of fused-ring (bicyclic) bond motifs is 1. The quantitative estimate of drug-likeness (QED) is 0.394. The van der Waals surface area contributed by atoms with E-state index in [4.69, 9.17) is 0 Å². The molecular formula is C16H7F5N2O3. The maximum Gasteiger partial charge on any atom is 0.438 e. The number of carbonyl (C=O) groups excluding carboxylic acids is 1. The molecule has 1 aromatic heterocycles. The fourth-order valence-corrected chi connectivity index (χ4v) is 2.45. The summed E-state index contributed by atoms with van der Waals surface area (Å²) < 4.78 is 65.4. The van der Waals surface area contributed by atoms with Crippen molar-refractivity contribution in [3.63, 3.8) is 0 Å². The maximum absolute atomic E-state index is 13.4. The van der Waals surface area contributed by atoms with E-state index in [2.05, 4.69) is 0 Å². The van der Waals surface area contributed by atoms with Crippen molar-refractivity contribution in [3.05, 3.63) is 81.2 Å². The molecule has 0 fully saturated rings. The van der Waals surface area contributed by atoms with Gasteiger partial charge in [-0.05, 0) is 36.4 Å². The van der Waals surface area contributed by atoms with Crippen molar-refractivity contribution >= 4 is 16.8 Å². The molecule has 134 valence electrons. The monoisotopic (exact) mass is 370 g/mol. The zero-order valence-corrected chi connectivity index (χ0v) is 12.6. The van der Waals surface area contributed by atoms with Crippen molar-refractivity contribution in [1.29, 1.82) is 0 Å². The molecule has 0 amide bonds. The Balaban J connectivity index is 2.42. The highest BCUT2D eigenvalue weighted by Crippen LogP contribution is 2.33. The molecule has 0 atom stereocenters. The van der Waals surface area contributed by atoms with Crippen molar-refractivity contribution in [1.82, 2.24) is 4.73 Å². The molecule has 0 N–H and O–H groups in total. The first-order valence-corrected chi connectivity index (χ1v) is 6.97. The van der Waals surface area contributed by atoms with E-state index in [-0.39, 0.29) is 0 Å². The third-order valence-electron chi connectivity index (χ3n) is 3.60. The number of aromatic nitrogens is 2. The molecule has 0 bridgehead atoms. The van der Waals surface area contributed by atoms with E-state index in [1.807, 2.05) is 0 Å². The molecule has 0 aliphatic carbocycles. The van der Waals surface area contributed by atoms with Gasteiger partial charge in [-0.25, -0.2) is 8.78 Å². The molecule has 0 saturated carbocycles. The van der Waals surface area contributed by atoms with Crippen molar-refractivity contribution in [2.45, 2.75) is 6.18 Å². The number of hydrogen-bond donors (Lipinski definition) is 0. The van der Waals surface area contributed by atoms with Crippen LogP contribution in [0.3, 0.4) is 0 Å². The molecule has 26 heavy (non-hydrogen) atoms. The molecule has 0 aliphatic rings. The van der Waals surface area contributed by atoms with Gasteiger partial charge in [0, 0.05) is 10.5 Å². The second kappa shape index (κ2) is 5.90. The average molecular weight is 370 g/mol. The zero-order chi connectivity index (χ0) is 19.2. The van der Waals surface area contributed by atoms with E-state index in [9.17, 15) is 36.9 Å². The third-order valence-corrected chi connectivity index (χ3v) is 3.60. The van der Waals surface area contributed by atoms with Gasteiger partial charge in [0.05, 0.1) is 10.5 Å². The summed E-state index contributed by atoms with van der Waals surface area (Å²) in [4.78, 5) is 24.8. The second-order valence-electron chi connectivity index (χ2n) is 5.25. The Morgan fingerprint density at radius 1 is 1.00 bits per heavy atom. The summed E-state index contributed by atoms with van der Waals surface area (Å²) in [5, 5.41) is 12.2. The van der Waals surface area contributed by atoms with E-state index >= 15 is 0 Å². The van der Waals surface area contributed by atoms with E-state index in [1.165, 1.54) is 0 Å². The normalized spacial score (nSPS) is 11.7. The first-order valence-electron chi connectivity index (χ1n) is 6.97. The van der Waals surface area contributed by atoms with Crippen LogP contribution in [0.2, 0.25) is 0 Å². The van der Waals surface area contributed by atoms with Crippen LogP contribution in [0.5, 0.6) is 0 Å². The lowest BCUT2D eigenvalue weighted by Gasteiger charge is -2.20. The Morgan fingerprint density at radius 2 is 1.58 bits per heavy atom. The highest BCUT2D eigenvalue weighted by molar-refractivity contribution is 6.08. The van der Waals surface area contributed by atoms with Crippen molar-refractivity contribution in [2.75, 3.05) is 0 Å². The Kier molecular flexibility index (Phi) is 3.98. The summed E-state index contributed by atoms with van der Waals surface area (Å²) >= 11 is 0. The number of hydrogen-bond acceptors (Lipinski definition) is 3. The first kappa shape index (κ1) is 17.5. The molecule has 0 aliphatic heterocycles. The smallest absolute Gasteiger partial charge is 0.438 e. The summed E-state index contributed by atoms with van der Waals surface area (Å²) in [6.45, 7) is 0. The molecule has 0 spiro atoms. The van der Waals surface area contributed by atoms with Crippen LogP contribution in [0, 0.1) is 21.7 Å². The lowest BCUT2D eigenvalue weighted by Crippen LogP contribution is -2.35. The van der Waals surface area contributed by atoms with Gasteiger partial charge in [0.1, 0.15) is 17.2 Å². The summed E-state index contributed by atoms with van der Waals surface area (Å²) in [6.07, 6.45) is -5.35. The first-order chi connectivity index (χ1) is 12.1. The molecule has 5 nitrogen and oxygen atoms in total. The van der Waals surface area contributed by atoms with Gasteiger partial charge in [-0.15, -0.1) is 0 Å². The SMILES string of the molecule is O=C(c1ccc(F)cc1)c1c(C(F)(F)F)n([O-])c2ccc(F)cc2[n+]1=O. The van der Waals surface area contributed by atoms with Crippen molar-refractivity contribution in [3.8, 4) is 0 Å². The van der Waals surface area contributed by atoms with E-state index < -0.39 is 60.7 Å². The maximum atomic E-state index is 13.4. The minimum atomic E-state index is -5.35. The van der Waals surface area contributed by atoms with E-state index in [1.54, 1.807) is 0 Å². The van der Waals surface area contributed by atoms with Gasteiger partial charge < -0.3 is 9.94 Å². The Morgan fingerprint density at radius 3 is 2.15 bits per heavy atom. The molecule has 1 heterocycles. The predicted octanol–water partition coefficient (Wildman–Crippen LogP) is 3.43. The number of rotatable bonds is 2. The molecule has 0 radical (unpaired) electrons. The number of ketones is 1. The standard InChI is InChI=1S/C16H7F5N2O3/c17-9-3-1-8(2-4-9)14(24)13-15(16(19,20)21)23(26)11-6-5-10(18)7-12(11)22(13)25/h1-7H. The minimum absolute atomic E-state index is 0.443. The molecule has 10 heteroatoms. The number of halogens is 5. The Labute approximate surface area is 141 Å². The summed E-state index contributed by atoms with van der Waals surface area (Å²) in [5.41, 5.74) is -5.53. The van der Waals surface area contributed by atoms with Gasteiger partial charge in [0.2, 0.25) is 5.69 Å². The lowest BCUT2D eigenvalue weighted by atomic mass is 10.1. The fraction of sp³-hybridized carbons (Fsp3) is 0.0625. The molecule has 3 aromatic rings. The van der Waals surface area contributed by atoms with Gasteiger partial charge in [-0.3, -0.25) is 4.79 Å². The van der Waals surface area contributed by atoms with Crippen LogP contribution in [-0.2, 0) is 6.18 Å². The van der Waals surface area contributed by atoms with Crippen LogP contribution < -0.4 is 4.43 Å². The third kappa shape index (κ3) is 2.79. The van der Waals surface area contributed by atoms with Gasteiger partial charge in [-0.1, -0.05) is 0 Å². The van der Waals surface area contributed by atoms with Crippen molar-refractivity contribution < 1.29 is 31.2 Å². The molecule has 3 rings (SSSR count). The second-order valence-corrected chi connectivity index (χ2v) is 5.25. The fourth-order valence-electron chi connectivity index (χ4n) is 2.45.